The van der Waals surface area contributed by atoms with Crippen molar-refractivity contribution >= 4 is 13.6 Å². The van der Waals surface area contributed by atoms with Crippen molar-refractivity contribution in [3.63, 3.8) is 0 Å². The molecule has 1 heterocycles. The van der Waals surface area contributed by atoms with Gasteiger partial charge in [-0.25, -0.2) is 0 Å². The van der Waals surface area contributed by atoms with E-state index in [0.717, 1.165) is 31.7 Å². The first kappa shape index (κ1) is 15.2. The molecule has 0 spiro atoms. The van der Waals surface area contributed by atoms with E-state index in [-0.39, 0.29) is 5.82 Å². The first-order chi connectivity index (χ1) is 8.25. The second-order valence-corrected chi connectivity index (χ2v) is 4.10. The van der Waals surface area contributed by atoms with E-state index in [0.29, 0.717) is 6.54 Å². The first-order valence-electron chi connectivity index (χ1n) is 5.58. The molecule has 2 rings (SSSR count). The third-order valence-corrected chi connectivity index (χ3v) is 2.89. The van der Waals surface area contributed by atoms with Crippen LogP contribution in [-0.2, 0) is 22.9 Å². The monoisotopic (exact) mass is 350 g/mol. The van der Waals surface area contributed by atoms with Crippen LogP contribution >= 0.6 is 13.6 Å². The Morgan fingerprint density at radius 2 is 2.00 bits per heavy atom. The van der Waals surface area contributed by atoms with Crippen molar-refractivity contribution in [2.45, 2.75) is 6.54 Å². The molecule has 0 bridgehead atoms. The fourth-order valence-electron chi connectivity index (χ4n) is 1.82. The van der Waals surface area contributed by atoms with Gasteiger partial charge in [-0.15, -0.1) is 11.6 Å². The van der Waals surface area contributed by atoms with Gasteiger partial charge in [0, 0.05) is 38.5 Å². The summed E-state index contributed by atoms with van der Waals surface area (Å²) in [5.41, 5.74) is 0.776. The molecule has 17 heavy (non-hydrogen) atoms. The van der Waals surface area contributed by atoms with Crippen molar-refractivity contribution in [2.75, 3.05) is 33.2 Å². The van der Waals surface area contributed by atoms with Crippen molar-refractivity contribution in [1.82, 2.24) is 9.80 Å². The number of benzene rings is 1. The molecule has 1 aliphatic heterocycles. The number of halogens is 2. The zero-order valence-electron chi connectivity index (χ0n) is 10.1. The van der Waals surface area contributed by atoms with Gasteiger partial charge in [0.05, 0.1) is 0 Å². The summed E-state index contributed by atoms with van der Waals surface area (Å²) >= 11 is 4.25. The van der Waals surface area contributed by atoms with E-state index in [4.69, 9.17) is 0 Å². The molecule has 0 amide bonds. The molecular weight excluding hydrogens is 336 g/mol. The Hall–Kier alpha value is 0.173. The molecule has 2 nitrogen and oxygen atoms in total. The number of hydrogen-bond acceptors (Lipinski definition) is 2. The average Bonchev–Trinajstić information content (AvgIpc) is 2.37. The van der Waals surface area contributed by atoms with Crippen molar-refractivity contribution in [2.24, 2.45) is 0 Å². The summed E-state index contributed by atoms with van der Waals surface area (Å²) in [6.45, 7) is 4.90. The van der Waals surface area contributed by atoms with Gasteiger partial charge in [0.15, 0.2) is 0 Å². The van der Waals surface area contributed by atoms with Gasteiger partial charge in [-0.1, -0.05) is 0 Å². The quantitative estimate of drug-likeness (QED) is 0.595. The Labute approximate surface area is 119 Å². The number of rotatable bonds is 2. The summed E-state index contributed by atoms with van der Waals surface area (Å²) < 4.78 is 13.4. The van der Waals surface area contributed by atoms with Crippen molar-refractivity contribution in [3.05, 3.63) is 35.6 Å². The first-order valence-corrected chi connectivity index (χ1v) is 12.5. The fraction of sp³-hybridized carbons (Fsp3) is 0.500. The Morgan fingerprint density at radius 3 is 2.59 bits per heavy atom. The second-order valence-electron chi connectivity index (χ2n) is 4.10. The molecule has 90 valence electrons. The standard InChI is InChI=1S/C12H16FN2.BrH.Zn/c1-14-6-8-15(9-7-14)10-11-4-2-3-5-12(11)13;;/h2,4-5H,6-10H2,1H3;1H;/q-1;;+2/p-1. The Kier molecular flexibility index (Phi) is 7.44. The van der Waals surface area contributed by atoms with E-state index in [9.17, 15) is 4.39 Å². The molecule has 1 aromatic rings. The Balaban J connectivity index is 0.000000686. The fourth-order valence-corrected chi connectivity index (χ4v) is 1.82. The van der Waals surface area contributed by atoms with Gasteiger partial charge in [-0.2, -0.15) is 18.2 Å². The molecule has 0 N–H and O–H groups in total. The van der Waals surface area contributed by atoms with Crippen molar-refractivity contribution in [1.29, 1.82) is 0 Å². The van der Waals surface area contributed by atoms with Crippen LogP contribution in [0.15, 0.2) is 18.2 Å². The van der Waals surface area contributed by atoms with Gasteiger partial charge in [-0.05, 0) is 7.05 Å². The van der Waals surface area contributed by atoms with Crippen LogP contribution in [0.2, 0.25) is 0 Å². The summed E-state index contributed by atoms with van der Waals surface area (Å²) in [5.74, 6) is -0.142. The molecule has 1 fully saturated rings. The van der Waals surface area contributed by atoms with Crippen LogP contribution < -0.4 is 0 Å². The van der Waals surface area contributed by atoms with Gasteiger partial charge in [0.25, 0.3) is 0 Å². The number of piperazine rings is 1. The van der Waals surface area contributed by atoms with Crippen molar-refractivity contribution < 1.29 is 20.7 Å². The van der Waals surface area contributed by atoms with Crippen LogP contribution in [-0.4, -0.2) is 43.0 Å². The topological polar surface area (TPSA) is 6.48 Å². The van der Waals surface area contributed by atoms with Crippen LogP contribution in [0.25, 0.3) is 0 Å². The number of hydrogen-bond donors (Lipinski definition) is 0. The van der Waals surface area contributed by atoms with Crippen LogP contribution in [0.5, 0.6) is 0 Å². The summed E-state index contributed by atoms with van der Waals surface area (Å²) in [7, 11) is 2.12. The zero-order valence-corrected chi connectivity index (χ0v) is 14.7. The third-order valence-electron chi connectivity index (χ3n) is 2.89. The van der Waals surface area contributed by atoms with E-state index in [1.165, 1.54) is 22.4 Å². The molecular formula is C12H16BrFN2Zn. The number of likely N-dealkylation sites (N-methyl/N-ethyl adjacent to an activating group) is 1. The van der Waals surface area contributed by atoms with E-state index < -0.39 is 0 Å². The predicted octanol–water partition coefficient (Wildman–Crippen LogP) is 2.22. The van der Waals surface area contributed by atoms with E-state index in [1.807, 2.05) is 6.07 Å². The summed E-state index contributed by atoms with van der Waals surface area (Å²) in [5, 5.41) is 0. The third kappa shape index (κ3) is 5.13. The normalized spacial score (nSPS) is 17.5. The van der Waals surface area contributed by atoms with Crippen LogP contribution in [0.1, 0.15) is 5.56 Å². The summed E-state index contributed by atoms with van der Waals surface area (Å²) in [6, 6.07) is 7.74. The minimum absolute atomic E-state index is 0.142. The van der Waals surface area contributed by atoms with Crippen LogP contribution in [0.3, 0.4) is 0 Å². The minimum atomic E-state index is -0.142. The predicted molar refractivity (Wildman–Crippen MR) is 66.9 cm³/mol. The maximum absolute atomic E-state index is 13.4. The van der Waals surface area contributed by atoms with Crippen LogP contribution in [0, 0.1) is 11.9 Å². The van der Waals surface area contributed by atoms with Gasteiger partial charge in [-0.3, -0.25) is 9.29 Å². The average molecular weight is 353 g/mol. The summed E-state index contributed by atoms with van der Waals surface area (Å²) in [6.07, 6.45) is 0. The van der Waals surface area contributed by atoms with Crippen LogP contribution in [0.4, 0.5) is 4.39 Å². The molecule has 0 aromatic heterocycles. The van der Waals surface area contributed by atoms with Gasteiger partial charge in [0.1, 0.15) is 0 Å². The van der Waals surface area contributed by atoms with E-state index >= 15 is 0 Å². The van der Waals surface area contributed by atoms with Gasteiger partial charge < -0.3 is 4.90 Å². The Morgan fingerprint density at radius 1 is 1.35 bits per heavy atom. The molecule has 1 saturated heterocycles. The molecule has 0 radical (unpaired) electrons. The Bertz CT molecular complexity index is 330. The van der Waals surface area contributed by atoms with E-state index in [2.05, 4.69) is 36.5 Å². The number of nitrogens with zero attached hydrogens (tertiary/aromatic N) is 2. The van der Waals surface area contributed by atoms with Gasteiger partial charge in [0.2, 0.25) is 0 Å². The summed E-state index contributed by atoms with van der Waals surface area (Å²) in [4.78, 5) is 4.59. The van der Waals surface area contributed by atoms with Crippen molar-refractivity contribution in [3.8, 4) is 0 Å². The molecule has 1 aliphatic rings. The zero-order chi connectivity index (χ0) is 12.7. The second kappa shape index (κ2) is 8.31. The molecule has 5 heteroatoms. The SMILES string of the molecule is CN1CCN(Cc2cc[c-]cc2F)CC1.[Zn+][Br]. The van der Waals surface area contributed by atoms with E-state index in [1.54, 1.807) is 6.07 Å². The van der Waals surface area contributed by atoms with Gasteiger partial charge >= 0.3 is 30.0 Å². The maximum atomic E-state index is 13.4. The molecule has 0 aliphatic carbocycles. The molecule has 0 saturated carbocycles. The molecule has 0 atom stereocenters. The molecule has 0 unspecified atom stereocenters. The molecule has 1 aromatic carbocycles.